The van der Waals surface area contributed by atoms with Crippen LogP contribution in [0.25, 0.3) is 0 Å². The summed E-state index contributed by atoms with van der Waals surface area (Å²) in [7, 11) is 3.48. The molecular weight excluding hydrogens is 235 g/mol. The van der Waals surface area contributed by atoms with Crippen LogP contribution in [0.2, 0.25) is 0 Å². The molecule has 0 aliphatic carbocycles. The molecule has 4 nitrogen and oxygen atoms in total. The van der Waals surface area contributed by atoms with Crippen molar-refractivity contribution >= 4 is 5.91 Å². The third-order valence-corrected chi connectivity index (χ3v) is 2.57. The van der Waals surface area contributed by atoms with Crippen LogP contribution in [0.5, 0.6) is 5.75 Å². The average Bonchev–Trinajstić information content (AvgIpc) is 2.34. The number of amides is 1. The van der Waals surface area contributed by atoms with E-state index < -0.39 is 0 Å². The van der Waals surface area contributed by atoms with Crippen LogP contribution in [-0.4, -0.2) is 38.1 Å². The lowest BCUT2D eigenvalue weighted by molar-refractivity contribution is -0.131. The highest BCUT2D eigenvalue weighted by molar-refractivity contribution is 5.77. The van der Waals surface area contributed by atoms with Gasteiger partial charge in [-0.3, -0.25) is 4.79 Å². The highest BCUT2D eigenvalue weighted by atomic mass is 19.1. The second-order valence-electron chi connectivity index (χ2n) is 4.02. The van der Waals surface area contributed by atoms with E-state index in [4.69, 9.17) is 4.74 Å². The highest BCUT2D eigenvalue weighted by Crippen LogP contribution is 2.16. The number of benzene rings is 1. The standard InChI is InChI=1S/C13H19FN2O2/c1-4-16(3)13(17)9-18-12-6-10(8-15-2)5-11(14)7-12/h5-7,15H,4,8-9H2,1-3H3. The quantitative estimate of drug-likeness (QED) is 0.834. The van der Waals surface area contributed by atoms with Gasteiger partial charge in [-0.05, 0) is 31.7 Å². The molecule has 100 valence electrons. The molecular formula is C13H19FN2O2. The molecule has 1 N–H and O–H groups in total. The summed E-state index contributed by atoms with van der Waals surface area (Å²) in [6, 6.07) is 4.43. The first kappa shape index (κ1) is 14.4. The lowest BCUT2D eigenvalue weighted by atomic mass is 10.2. The maximum atomic E-state index is 13.3. The lowest BCUT2D eigenvalue weighted by Crippen LogP contribution is -2.31. The van der Waals surface area contributed by atoms with E-state index in [2.05, 4.69) is 5.32 Å². The van der Waals surface area contributed by atoms with Gasteiger partial charge >= 0.3 is 0 Å². The minimum atomic E-state index is -0.367. The molecule has 0 bridgehead atoms. The van der Waals surface area contributed by atoms with Crippen molar-refractivity contribution in [3.8, 4) is 5.75 Å². The summed E-state index contributed by atoms with van der Waals surface area (Å²) in [5, 5.41) is 2.93. The molecule has 0 aliphatic heterocycles. The molecule has 0 aromatic heterocycles. The van der Waals surface area contributed by atoms with E-state index in [0.29, 0.717) is 18.8 Å². The van der Waals surface area contributed by atoms with Crippen LogP contribution < -0.4 is 10.1 Å². The highest BCUT2D eigenvalue weighted by Gasteiger charge is 2.08. The van der Waals surface area contributed by atoms with Gasteiger partial charge in [0.05, 0.1) is 0 Å². The normalized spacial score (nSPS) is 10.2. The van der Waals surface area contributed by atoms with Gasteiger partial charge in [0.15, 0.2) is 6.61 Å². The van der Waals surface area contributed by atoms with Crippen molar-refractivity contribution < 1.29 is 13.9 Å². The van der Waals surface area contributed by atoms with E-state index in [1.807, 2.05) is 6.92 Å². The fraction of sp³-hybridized carbons (Fsp3) is 0.462. The van der Waals surface area contributed by atoms with E-state index in [-0.39, 0.29) is 18.3 Å². The van der Waals surface area contributed by atoms with Crippen LogP contribution in [0, 0.1) is 5.82 Å². The molecule has 1 aromatic carbocycles. The Balaban J connectivity index is 2.64. The first-order valence-corrected chi connectivity index (χ1v) is 5.87. The van der Waals surface area contributed by atoms with Gasteiger partial charge in [-0.25, -0.2) is 4.39 Å². The number of nitrogens with zero attached hydrogens (tertiary/aromatic N) is 1. The average molecular weight is 254 g/mol. The number of carbonyl (C=O) groups is 1. The molecule has 1 rings (SSSR count). The van der Waals surface area contributed by atoms with Gasteiger partial charge in [0.1, 0.15) is 11.6 Å². The number of halogens is 1. The predicted molar refractivity (Wildman–Crippen MR) is 68.0 cm³/mol. The van der Waals surface area contributed by atoms with Gasteiger partial charge in [-0.2, -0.15) is 0 Å². The molecule has 0 heterocycles. The molecule has 5 heteroatoms. The molecule has 0 radical (unpaired) electrons. The van der Waals surface area contributed by atoms with Crippen molar-refractivity contribution in [1.29, 1.82) is 0 Å². The van der Waals surface area contributed by atoms with Crippen LogP contribution in [0.1, 0.15) is 12.5 Å². The number of nitrogens with one attached hydrogen (secondary N) is 1. The van der Waals surface area contributed by atoms with Gasteiger partial charge in [-0.15, -0.1) is 0 Å². The second kappa shape index (κ2) is 6.96. The maximum Gasteiger partial charge on any atom is 0.260 e. The first-order valence-electron chi connectivity index (χ1n) is 5.87. The summed E-state index contributed by atoms with van der Waals surface area (Å²) in [6.45, 7) is 2.98. The Labute approximate surface area is 107 Å². The summed E-state index contributed by atoms with van der Waals surface area (Å²) in [4.78, 5) is 13.1. The van der Waals surface area contributed by atoms with Gasteiger partial charge in [0.25, 0.3) is 5.91 Å². The summed E-state index contributed by atoms with van der Waals surface area (Å²) in [6.07, 6.45) is 0. The van der Waals surface area contributed by atoms with E-state index >= 15 is 0 Å². The fourth-order valence-corrected chi connectivity index (χ4v) is 1.44. The van der Waals surface area contributed by atoms with Crippen molar-refractivity contribution in [2.45, 2.75) is 13.5 Å². The van der Waals surface area contributed by atoms with Gasteiger partial charge in [-0.1, -0.05) is 0 Å². The molecule has 1 aromatic rings. The smallest absolute Gasteiger partial charge is 0.260 e. The monoisotopic (exact) mass is 254 g/mol. The third kappa shape index (κ3) is 4.33. The molecule has 0 fully saturated rings. The minimum Gasteiger partial charge on any atom is -0.484 e. The lowest BCUT2D eigenvalue weighted by Gasteiger charge is -2.15. The summed E-state index contributed by atoms with van der Waals surface area (Å²) in [5.74, 6) is -0.121. The largest absolute Gasteiger partial charge is 0.484 e. The van der Waals surface area contributed by atoms with E-state index in [1.165, 1.54) is 12.1 Å². The van der Waals surface area contributed by atoms with Crippen LogP contribution in [-0.2, 0) is 11.3 Å². The van der Waals surface area contributed by atoms with Gasteiger partial charge < -0.3 is 15.0 Å². The fourth-order valence-electron chi connectivity index (χ4n) is 1.44. The molecule has 0 saturated carbocycles. The zero-order valence-corrected chi connectivity index (χ0v) is 11.0. The Hall–Kier alpha value is -1.62. The zero-order chi connectivity index (χ0) is 13.5. The number of hydrogen-bond acceptors (Lipinski definition) is 3. The van der Waals surface area contributed by atoms with Gasteiger partial charge in [0, 0.05) is 26.2 Å². The minimum absolute atomic E-state index is 0.0766. The topological polar surface area (TPSA) is 41.6 Å². The molecule has 0 saturated heterocycles. The van der Waals surface area contributed by atoms with Crippen molar-refractivity contribution in [2.24, 2.45) is 0 Å². The molecule has 0 unspecified atom stereocenters. The van der Waals surface area contributed by atoms with Crippen molar-refractivity contribution in [1.82, 2.24) is 10.2 Å². The van der Waals surface area contributed by atoms with Crippen molar-refractivity contribution in [3.05, 3.63) is 29.6 Å². The second-order valence-corrected chi connectivity index (χ2v) is 4.02. The molecule has 0 aliphatic rings. The number of hydrogen-bond donors (Lipinski definition) is 1. The molecule has 18 heavy (non-hydrogen) atoms. The molecule has 0 atom stereocenters. The Morgan fingerprint density at radius 3 is 2.78 bits per heavy atom. The number of carbonyl (C=O) groups excluding carboxylic acids is 1. The molecule has 0 spiro atoms. The molecule has 1 amide bonds. The van der Waals surface area contributed by atoms with Crippen molar-refractivity contribution in [2.75, 3.05) is 27.2 Å². The third-order valence-electron chi connectivity index (χ3n) is 2.57. The predicted octanol–water partition coefficient (Wildman–Crippen LogP) is 1.40. The van der Waals surface area contributed by atoms with Crippen LogP contribution in [0.3, 0.4) is 0 Å². The van der Waals surface area contributed by atoms with E-state index in [0.717, 1.165) is 5.56 Å². The van der Waals surface area contributed by atoms with Crippen molar-refractivity contribution in [3.63, 3.8) is 0 Å². The maximum absolute atomic E-state index is 13.3. The Morgan fingerprint density at radius 1 is 1.44 bits per heavy atom. The Kier molecular flexibility index (Phi) is 5.58. The Morgan fingerprint density at radius 2 is 2.17 bits per heavy atom. The SMILES string of the molecule is CCN(C)C(=O)COc1cc(F)cc(CNC)c1. The van der Waals surface area contributed by atoms with Crippen LogP contribution >= 0.6 is 0 Å². The number of likely N-dealkylation sites (N-methyl/N-ethyl adjacent to an activating group) is 1. The Bertz CT molecular complexity index is 410. The number of rotatable bonds is 6. The van der Waals surface area contributed by atoms with Gasteiger partial charge in [0.2, 0.25) is 0 Å². The number of ether oxygens (including phenoxy) is 1. The van der Waals surface area contributed by atoms with E-state index in [1.54, 1.807) is 25.1 Å². The first-order chi connectivity index (χ1) is 8.56. The van der Waals surface area contributed by atoms with Crippen LogP contribution in [0.4, 0.5) is 4.39 Å². The summed E-state index contributed by atoms with van der Waals surface area (Å²) < 4.78 is 18.6. The summed E-state index contributed by atoms with van der Waals surface area (Å²) in [5.41, 5.74) is 0.781. The summed E-state index contributed by atoms with van der Waals surface area (Å²) >= 11 is 0. The van der Waals surface area contributed by atoms with E-state index in [9.17, 15) is 9.18 Å². The zero-order valence-electron chi connectivity index (χ0n) is 11.0. The van der Waals surface area contributed by atoms with Crippen LogP contribution in [0.15, 0.2) is 18.2 Å².